The molecule has 0 saturated heterocycles. The number of amides is 1. The fraction of sp³-hybridized carbons (Fsp3) is 0.304. The summed E-state index contributed by atoms with van der Waals surface area (Å²) >= 11 is 1.05. The van der Waals surface area contributed by atoms with Gasteiger partial charge in [0.15, 0.2) is 18.2 Å². The van der Waals surface area contributed by atoms with E-state index in [1.165, 1.54) is 11.6 Å². The van der Waals surface area contributed by atoms with Gasteiger partial charge in [-0.3, -0.25) is 9.59 Å². The summed E-state index contributed by atoms with van der Waals surface area (Å²) in [6.45, 7) is 9.06. The quantitative estimate of drug-likeness (QED) is 0.395. The molecule has 0 radical (unpaired) electrons. The van der Waals surface area contributed by atoms with Crippen LogP contribution in [0.1, 0.15) is 61.1 Å². The average molecular weight is 456 g/mol. The summed E-state index contributed by atoms with van der Waals surface area (Å²) in [6, 6.07) is 7.45. The Morgan fingerprint density at radius 2 is 1.81 bits per heavy atom. The predicted molar refractivity (Wildman–Crippen MR) is 122 cm³/mol. The van der Waals surface area contributed by atoms with Crippen molar-refractivity contribution in [1.82, 2.24) is 9.78 Å². The highest BCUT2D eigenvalue weighted by atomic mass is 32.1. The maximum Gasteiger partial charge on any atom is 0.341 e. The number of aromatic nitrogens is 2. The SMILES string of the molecule is CCOC(=O)c1c(NC(=O)c2ccn(COc3cc(C)cc(C)c3)n2)sc(C(C)=O)c1C. The number of anilines is 1. The molecule has 1 amide bonds. The summed E-state index contributed by atoms with van der Waals surface area (Å²) in [7, 11) is 0. The third kappa shape index (κ3) is 5.23. The number of ether oxygens (including phenoxy) is 2. The smallest absolute Gasteiger partial charge is 0.341 e. The summed E-state index contributed by atoms with van der Waals surface area (Å²) in [5.41, 5.74) is 3.01. The van der Waals surface area contributed by atoms with Crippen LogP contribution in [0.4, 0.5) is 5.00 Å². The maximum absolute atomic E-state index is 12.8. The molecule has 0 spiro atoms. The van der Waals surface area contributed by atoms with Crippen LogP contribution in [0, 0.1) is 20.8 Å². The maximum atomic E-state index is 12.8. The van der Waals surface area contributed by atoms with Crippen molar-refractivity contribution >= 4 is 34.0 Å². The number of rotatable bonds is 8. The molecule has 1 N–H and O–H groups in total. The largest absolute Gasteiger partial charge is 0.471 e. The molecule has 0 fully saturated rings. The molecule has 9 heteroatoms. The van der Waals surface area contributed by atoms with Gasteiger partial charge in [-0.25, -0.2) is 9.48 Å². The standard InChI is InChI=1S/C23H25N3O5S/c1-6-30-23(29)19-15(4)20(16(5)27)32-22(19)24-21(28)18-7-8-26(25-18)12-31-17-10-13(2)9-14(3)11-17/h7-11H,6,12H2,1-5H3,(H,24,28). The van der Waals surface area contributed by atoms with Gasteiger partial charge in [0.1, 0.15) is 10.8 Å². The lowest BCUT2D eigenvalue weighted by molar-refractivity contribution is 0.0527. The summed E-state index contributed by atoms with van der Waals surface area (Å²) in [5.74, 6) is -0.561. The minimum Gasteiger partial charge on any atom is -0.471 e. The van der Waals surface area contributed by atoms with E-state index in [0.717, 1.165) is 22.5 Å². The molecule has 0 aliphatic heterocycles. The van der Waals surface area contributed by atoms with Gasteiger partial charge in [0.25, 0.3) is 5.91 Å². The van der Waals surface area contributed by atoms with Gasteiger partial charge >= 0.3 is 5.97 Å². The van der Waals surface area contributed by atoms with Crippen LogP contribution >= 0.6 is 11.3 Å². The minimum absolute atomic E-state index is 0.136. The number of thiophene rings is 1. The van der Waals surface area contributed by atoms with Crippen LogP contribution in [-0.2, 0) is 11.5 Å². The van der Waals surface area contributed by atoms with E-state index in [1.54, 1.807) is 26.1 Å². The summed E-state index contributed by atoms with van der Waals surface area (Å²) in [5, 5.41) is 7.20. The highest BCUT2D eigenvalue weighted by molar-refractivity contribution is 7.18. The van der Waals surface area contributed by atoms with Crippen LogP contribution in [0.2, 0.25) is 0 Å². The highest BCUT2D eigenvalue weighted by Gasteiger charge is 2.26. The molecule has 32 heavy (non-hydrogen) atoms. The first-order chi connectivity index (χ1) is 15.2. The molecule has 3 rings (SSSR count). The van der Waals surface area contributed by atoms with Crippen molar-refractivity contribution in [3.05, 3.63) is 63.3 Å². The van der Waals surface area contributed by atoms with Crippen LogP contribution in [0.3, 0.4) is 0 Å². The molecule has 0 bridgehead atoms. The molecule has 2 aromatic heterocycles. The van der Waals surface area contributed by atoms with E-state index >= 15 is 0 Å². The van der Waals surface area contributed by atoms with Crippen molar-refractivity contribution in [3.8, 4) is 5.75 Å². The van der Waals surface area contributed by atoms with E-state index in [0.29, 0.717) is 16.2 Å². The van der Waals surface area contributed by atoms with Gasteiger partial charge in [0, 0.05) is 6.20 Å². The van der Waals surface area contributed by atoms with E-state index in [-0.39, 0.29) is 35.4 Å². The van der Waals surface area contributed by atoms with Gasteiger partial charge in [-0.1, -0.05) is 6.07 Å². The van der Waals surface area contributed by atoms with Crippen LogP contribution in [0.5, 0.6) is 5.75 Å². The molecule has 8 nitrogen and oxygen atoms in total. The second-order valence-electron chi connectivity index (χ2n) is 7.33. The zero-order chi connectivity index (χ0) is 23.4. The van der Waals surface area contributed by atoms with E-state index in [1.807, 2.05) is 26.0 Å². The Kier molecular flexibility index (Phi) is 7.09. The lowest BCUT2D eigenvalue weighted by Crippen LogP contribution is -2.16. The number of carbonyl (C=O) groups excluding carboxylic acids is 3. The topological polar surface area (TPSA) is 99.5 Å². The number of esters is 1. The van der Waals surface area contributed by atoms with Crippen LogP contribution < -0.4 is 10.1 Å². The van der Waals surface area contributed by atoms with E-state index in [2.05, 4.69) is 16.5 Å². The zero-order valence-corrected chi connectivity index (χ0v) is 19.5. The predicted octanol–water partition coefficient (Wildman–Crippen LogP) is 4.54. The Morgan fingerprint density at radius 1 is 1.12 bits per heavy atom. The van der Waals surface area contributed by atoms with Crippen LogP contribution in [0.15, 0.2) is 30.5 Å². The number of aryl methyl sites for hydroxylation is 2. The molecule has 2 heterocycles. The Bertz CT molecular complexity index is 1160. The number of Topliss-reactive ketones (excluding diaryl/α,β-unsaturated/α-hetero) is 1. The number of carbonyl (C=O) groups is 3. The molecule has 168 valence electrons. The summed E-state index contributed by atoms with van der Waals surface area (Å²) in [4.78, 5) is 37.5. The van der Waals surface area contributed by atoms with Crippen molar-refractivity contribution < 1.29 is 23.9 Å². The average Bonchev–Trinajstić information content (AvgIpc) is 3.30. The van der Waals surface area contributed by atoms with Gasteiger partial charge in [0.2, 0.25) is 0 Å². The number of ketones is 1. The number of nitrogens with one attached hydrogen (secondary N) is 1. The van der Waals surface area contributed by atoms with Gasteiger partial charge in [0.05, 0.1) is 17.0 Å². The van der Waals surface area contributed by atoms with E-state index in [4.69, 9.17) is 9.47 Å². The zero-order valence-electron chi connectivity index (χ0n) is 18.6. The molecule has 0 atom stereocenters. The van der Waals surface area contributed by atoms with Gasteiger partial charge in [-0.15, -0.1) is 11.3 Å². The lowest BCUT2D eigenvalue weighted by atomic mass is 10.1. The molecular weight excluding hydrogens is 430 g/mol. The Morgan fingerprint density at radius 3 is 2.44 bits per heavy atom. The highest BCUT2D eigenvalue weighted by Crippen LogP contribution is 2.34. The first-order valence-corrected chi connectivity index (χ1v) is 10.9. The molecule has 0 aliphatic rings. The first-order valence-electron chi connectivity index (χ1n) is 10.1. The molecular formula is C23H25N3O5S. The fourth-order valence-corrected chi connectivity index (χ4v) is 4.35. The normalized spacial score (nSPS) is 10.7. The summed E-state index contributed by atoms with van der Waals surface area (Å²) < 4.78 is 12.4. The van der Waals surface area contributed by atoms with Crippen LogP contribution in [0.25, 0.3) is 0 Å². The Balaban J connectivity index is 1.75. The Hall–Kier alpha value is -3.46. The first kappa shape index (κ1) is 23.2. The van der Waals surface area contributed by atoms with Gasteiger partial charge in [-0.2, -0.15) is 5.10 Å². The van der Waals surface area contributed by atoms with Crippen LogP contribution in [-0.4, -0.2) is 34.0 Å². The van der Waals surface area contributed by atoms with E-state index < -0.39 is 11.9 Å². The second-order valence-corrected chi connectivity index (χ2v) is 8.35. The minimum atomic E-state index is -0.587. The monoisotopic (exact) mass is 455 g/mol. The van der Waals surface area contributed by atoms with E-state index in [9.17, 15) is 14.4 Å². The molecule has 0 saturated carbocycles. The molecule has 0 unspecified atom stereocenters. The number of nitrogens with zero attached hydrogens (tertiary/aromatic N) is 2. The second kappa shape index (κ2) is 9.78. The lowest BCUT2D eigenvalue weighted by Gasteiger charge is -2.08. The van der Waals surface area contributed by atoms with Crippen molar-refractivity contribution in [2.24, 2.45) is 0 Å². The van der Waals surface area contributed by atoms with Crippen molar-refractivity contribution in [2.45, 2.75) is 41.3 Å². The van der Waals surface area contributed by atoms with Crippen molar-refractivity contribution in [1.29, 1.82) is 0 Å². The van der Waals surface area contributed by atoms with Gasteiger partial charge < -0.3 is 14.8 Å². The molecule has 0 aliphatic carbocycles. The number of hydrogen-bond acceptors (Lipinski definition) is 7. The van der Waals surface area contributed by atoms with Crippen molar-refractivity contribution in [3.63, 3.8) is 0 Å². The molecule has 1 aromatic carbocycles. The van der Waals surface area contributed by atoms with Crippen molar-refractivity contribution in [2.75, 3.05) is 11.9 Å². The summed E-state index contributed by atoms with van der Waals surface area (Å²) in [6.07, 6.45) is 1.63. The Labute approximate surface area is 190 Å². The third-order valence-electron chi connectivity index (χ3n) is 4.61. The van der Waals surface area contributed by atoms with Gasteiger partial charge in [-0.05, 0) is 69.5 Å². The molecule has 3 aromatic rings. The number of benzene rings is 1. The third-order valence-corrected chi connectivity index (χ3v) is 5.91. The fourth-order valence-electron chi connectivity index (χ4n) is 3.27. The number of hydrogen-bond donors (Lipinski definition) is 1.